The van der Waals surface area contributed by atoms with Gasteiger partial charge in [0.25, 0.3) is 0 Å². The van der Waals surface area contributed by atoms with E-state index in [-0.39, 0.29) is 24.0 Å². The van der Waals surface area contributed by atoms with Crippen LogP contribution in [0.4, 0.5) is 0 Å². The van der Waals surface area contributed by atoms with Gasteiger partial charge in [-0.1, -0.05) is 66.2 Å². The molecule has 0 aliphatic carbocycles. The molecular formula is C25H28N2O4S. The Bertz CT molecular complexity index is 1150. The fraction of sp³-hybridized carbons (Fsp3) is 0.240. The number of carbonyl (C=O) groups is 1. The van der Waals surface area contributed by atoms with Crippen molar-refractivity contribution in [3.05, 3.63) is 95.6 Å². The van der Waals surface area contributed by atoms with Crippen molar-refractivity contribution < 1.29 is 17.9 Å². The van der Waals surface area contributed by atoms with Crippen LogP contribution in [0.2, 0.25) is 0 Å². The highest BCUT2D eigenvalue weighted by molar-refractivity contribution is 7.89. The minimum absolute atomic E-state index is 0.0908. The first-order valence-electron chi connectivity index (χ1n) is 10.3. The summed E-state index contributed by atoms with van der Waals surface area (Å²) in [7, 11) is -2.30. The molecule has 0 bridgehead atoms. The second-order valence-electron chi connectivity index (χ2n) is 7.60. The number of amides is 1. The summed E-state index contributed by atoms with van der Waals surface area (Å²) in [5.74, 6) is 0.267. The smallest absolute Gasteiger partial charge is 0.243 e. The van der Waals surface area contributed by atoms with Crippen molar-refractivity contribution in [2.45, 2.75) is 31.3 Å². The molecule has 3 aromatic rings. The molecule has 1 N–H and O–H groups in total. The number of nitrogens with zero attached hydrogens (tertiary/aromatic N) is 1. The molecule has 0 saturated carbocycles. The molecule has 0 aliphatic rings. The van der Waals surface area contributed by atoms with E-state index in [9.17, 15) is 13.2 Å². The topological polar surface area (TPSA) is 75.7 Å². The molecule has 1 amide bonds. The van der Waals surface area contributed by atoms with E-state index >= 15 is 0 Å². The predicted octanol–water partition coefficient (Wildman–Crippen LogP) is 4.07. The van der Waals surface area contributed by atoms with E-state index in [2.05, 4.69) is 5.32 Å². The molecule has 0 aliphatic heterocycles. The van der Waals surface area contributed by atoms with E-state index in [0.717, 1.165) is 16.7 Å². The number of carbonyl (C=O) groups excluding carboxylic acids is 1. The van der Waals surface area contributed by atoms with E-state index in [1.807, 2.05) is 68.4 Å². The largest absolute Gasteiger partial charge is 0.496 e. The molecule has 0 saturated heterocycles. The Hall–Kier alpha value is -3.16. The summed E-state index contributed by atoms with van der Waals surface area (Å²) in [6, 6.07) is 22.9. The summed E-state index contributed by atoms with van der Waals surface area (Å²) in [4.78, 5) is 13.1. The van der Waals surface area contributed by atoms with Crippen LogP contribution in [-0.2, 0) is 21.4 Å². The first-order chi connectivity index (χ1) is 15.3. The Morgan fingerprint density at radius 3 is 2.25 bits per heavy atom. The third kappa shape index (κ3) is 5.75. The molecule has 6 nitrogen and oxygen atoms in total. The predicted molar refractivity (Wildman–Crippen MR) is 125 cm³/mol. The van der Waals surface area contributed by atoms with E-state index in [1.165, 1.54) is 4.31 Å². The lowest BCUT2D eigenvalue weighted by Gasteiger charge is -2.24. The fourth-order valence-electron chi connectivity index (χ4n) is 3.42. The molecular weight excluding hydrogens is 424 g/mol. The first-order valence-corrected chi connectivity index (χ1v) is 11.8. The molecule has 32 heavy (non-hydrogen) atoms. The SMILES string of the molecule is COc1ccccc1[C@H](C)NC(=O)CN(Cc1ccccc1)S(=O)(=O)c1ccc(C)cc1. The molecule has 0 unspecified atom stereocenters. The van der Waals surface area contributed by atoms with E-state index in [0.29, 0.717) is 5.75 Å². The van der Waals surface area contributed by atoms with Gasteiger partial charge in [-0.25, -0.2) is 8.42 Å². The van der Waals surface area contributed by atoms with E-state index in [1.54, 1.807) is 31.4 Å². The lowest BCUT2D eigenvalue weighted by molar-refractivity contribution is -0.122. The molecule has 168 valence electrons. The highest BCUT2D eigenvalue weighted by atomic mass is 32.2. The van der Waals surface area contributed by atoms with Crippen molar-refractivity contribution in [3.63, 3.8) is 0 Å². The number of rotatable bonds is 9. The van der Waals surface area contributed by atoms with Gasteiger partial charge in [-0.15, -0.1) is 0 Å². The molecule has 0 aromatic heterocycles. The molecule has 1 atom stereocenters. The standard InChI is InChI=1S/C25H28N2O4S/c1-19-13-15-22(16-14-19)32(29,30)27(17-21-9-5-4-6-10-21)18-25(28)26-20(2)23-11-7-8-12-24(23)31-3/h4-16,20H,17-18H2,1-3H3,(H,26,28)/t20-/m0/s1. The highest BCUT2D eigenvalue weighted by Gasteiger charge is 2.27. The second-order valence-corrected chi connectivity index (χ2v) is 9.54. The maximum atomic E-state index is 13.4. The van der Waals surface area contributed by atoms with Crippen LogP contribution in [0.5, 0.6) is 5.75 Å². The van der Waals surface area contributed by atoms with Crippen LogP contribution < -0.4 is 10.1 Å². The number of hydrogen-bond acceptors (Lipinski definition) is 4. The lowest BCUT2D eigenvalue weighted by Crippen LogP contribution is -2.41. The van der Waals surface area contributed by atoms with Crippen LogP contribution in [-0.4, -0.2) is 32.3 Å². The number of hydrogen-bond donors (Lipinski definition) is 1. The Kier molecular flexibility index (Phi) is 7.66. The van der Waals surface area contributed by atoms with E-state index in [4.69, 9.17) is 4.74 Å². The average Bonchev–Trinajstić information content (AvgIpc) is 2.79. The minimum atomic E-state index is -3.88. The van der Waals surface area contributed by atoms with Gasteiger partial charge in [0.1, 0.15) is 5.75 Å². The second kappa shape index (κ2) is 10.4. The first kappa shape index (κ1) is 23.5. The number of benzene rings is 3. The lowest BCUT2D eigenvalue weighted by atomic mass is 10.1. The molecule has 0 fully saturated rings. The summed E-state index contributed by atoms with van der Waals surface area (Å²) in [5, 5.41) is 2.89. The molecule has 3 rings (SSSR count). The van der Waals surface area contributed by atoms with Crippen molar-refractivity contribution >= 4 is 15.9 Å². The molecule has 0 spiro atoms. The normalized spacial score (nSPS) is 12.4. The maximum Gasteiger partial charge on any atom is 0.243 e. The average molecular weight is 453 g/mol. The van der Waals surface area contributed by atoms with Crippen molar-refractivity contribution in [1.82, 2.24) is 9.62 Å². The number of methoxy groups -OCH3 is 1. The number of para-hydroxylation sites is 1. The monoisotopic (exact) mass is 452 g/mol. The van der Waals surface area contributed by atoms with Gasteiger partial charge in [-0.05, 0) is 37.6 Å². The van der Waals surface area contributed by atoms with Gasteiger partial charge in [0.15, 0.2) is 0 Å². The third-order valence-electron chi connectivity index (χ3n) is 5.16. The highest BCUT2D eigenvalue weighted by Crippen LogP contribution is 2.24. The Balaban J connectivity index is 1.83. The van der Waals surface area contributed by atoms with Gasteiger partial charge >= 0.3 is 0 Å². The Labute approximate surface area is 189 Å². The number of sulfonamides is 1. The van der Waals surface area contributed by atoms with Gasteiger partial charge in [0.2, 0.25) is 15.9 Å². The van der Waals surface area contributed by atoms with Gasteiger partial charge in [0, 0.05) is 12.1 Å². The summed E-state index contributed by atoms with van der Waals surface area (Å²) in [6.07, 6.45) is 0. The number of ether oxygens (including phenoxy) is 1. The quantitative estimate of drug-likeness (QED) is 0.531. The summed E-state index contributed by atoms with van der Waals surface area (Å²) < 4.78 is 33.3. The Morgan fingerprint density at radius 2 is 1.59 bits per heavy atom. The zero-order valence-electron chi connectivity index (χ0n) is 18.5. The van der Waals surface area contributed by atoms with Crippen LogP contribution in [0.1, 0.15) is 29.7 Å². The van der Waals surface area contributed by atoms with Crippen molar-refractivity contribution in [2.75, 3.05) is 13.7 Å². The molecule has 3 aromatic carbocycles. The van der Waals surface area contributed by atoms with Crippen LogP contribution in [0.25, 0.3) is 0 Å². The van der Waals surface area contributed by atoms with Crippen molar-refractivity contribution in [2.24, 2.45) is 0 Å². The molecule has 0 heterocycles. The third-order valence-corrected chi connectivity index (χ3v) is 6.97. The minimum Gasteiger partial charge on any atom is -0.496 e. The van der Waals surface area contributed by atoms with Gasteiger partial charge < -0.3 is 10.1 Å². The van der Waals surface area contributed by atoms with Crippen molar-refractivity contribution in [1.29, 1.82) is 0 Å². The fourth-order valence-corrected chi connectivity index (χ4v) is 4.81. The Morgan fingerprint density at radius 1 is 0.969 bits per heavy atom. The van der Waals surface area contributed by atoms with Crippen LogP contribution in [0.15, 0.2) is 83.8 Å². The summed E-state index contributed by atoms with van der Waals surface area (Å²) in [6.45, 7) is 3.52. The van der Waals surface area contributed by atoms with Crippen LogP contribution in [0.3, 0.4) is 0 Å². The van der Waals surface area contributed by atoms with Gasteiger partial charge in [-0.3, -0.25) is 4.79 Å². The van der Waals surface area contributed by atoms with Gasteiger partial charge in [0.05, 0.1) is 24.6 Å². The zero-order valence-corrected chi connectivity index (χ0v) is 19.3. The van der Waals surface area contributed by atoms with E-state index < -0.39 is 15.9 Å². The maximum absolute atomic E-state index is 13.4. The number of nitrogens with one attached hydrogen (secondary N) is 1. The zero-order chi connectivity index (χ0) is 23.1. The summed E-state index contributed by atoms with van der Waals surface area (Å²) in [5.41, 5.74) is 2.58. The van der Waals surface area contributed by atoms with Crippen LogP contribution in [0, 0.1) is 6.92 Å². The number of aryl methyl sites for hydroxylation is 1. The van der Waals surface area contributed by atoms with Gasteiger partial charge in [-0.2, -0.15) is 4.31 Å². The summed E-state index contributed by atoms with van der Waals surface area (Å²) >= 11 is 0. The van der Waals surface area contributed by atoms with Crippen LogP contribution >= 0.6 is 0 Å². The van der Waals surface area contributed by atoms with Crippen molar-refractivity contribution in [3.8, 4) is 5.75 Å². The molecule has 7 heteroatoms. The molecule has 0 radical (unpaired) electrons.